The largest absolute Gasteiger partial charge is 0.207 e. The zero-order valence-electron chi connectivity index (χ0n) is 14.1. The van der Waals surface area contributed by atoms with Crippen molar-refractivity contribution >= 4 is 0 Å². The van der Waals surface area contributed by atoms with Crippen LogP contribution in [0.5, 0.6) is 0 Å². The van der Waals surface area contributed by atoms with E-state index in [1.54, 1.807) is 13.0 Å². The van der Waals surface area contributed by atoms with Crippen molar-refractivity contribution in [3.05, 3.63) is 58.7 Å². The molecule has 2 heteroatoms. The van der Waals surface area contributed by atoms with Gasteiger partial charge < -0.3 is 0 Å². The molecular formula is C21H26F2. The van der Waals surface area contributed by atoms with E-state index in [0.29, 0.717) is 22.6 Å². The summed E-state index contributed by atoms with van der Waals surface area (Å²) in [7, 11) is 0. The average Bonchev–Trinajstić information content (AvgIpc) is 2.53. The quantitative estimate of drug-likeness (QED) is 0.572. The molecule has 0 bridgehead atoms. The molecule has 1 aliphatic rings. The van der Waals surface area contributed by atoms with Crippen molar-refractivity contribution in [3.8, 4) is 11.1 Å². The van der Waals surface area contributed by atoms with E-state index >= 15 is 0 Å². The topological polar surface area (TPSA) is 0 Å². The molecule has 0 N–H and O–H groups in total. The predicted octanol–water partition coefficient (Wildman–Crippen LogP) is 6.79. The lowest BCUT2D eigenvalue weighted by Crippen LogP contribution is -2.11. The second kappa shape index (κ2) is 6.43. The molecule has 0 aromatic heterocycles. The van der Waals surface area contributed by atoms with Crippen LogP contribution in [0.3, 0.4) is 0 Å². The van der Waals surface area contributed by atoms with Crippen molar-refractivity contribution < 1.29 is 10.2 Å². The Morgan fingerprint density at radius 3 is 2.22 bits per heavy atom. The number of rotatable bonds is 2. The Morgan fingerprint density at radius 2 is 1.61 bits per heavy atom. The van der Waals surface area contributed by atoms with Crippen molar-refractivity contribution in [1.29, 1.82) is 0 Å². The van der Waals surface area contributed by atoms with Gasteiger partial charge in [0.15, 0.2) is 0 Å². The molecule has 0 spiro atoms. The Hall–Kier alpha value is -1.70. The number of benzene rings is 2. The minimum absolute atomic E-state index is 0. The van der Waals surface area contributed by atoms with E-state index < -0.39 is 0 Å². The Labute approximate surface area is 139 Å². The monoisotopic (exact) mass is 316 g/mol. The molecule has 2 aromatic rings. The lowest BCUT2D eigenvalue weighted by atomic mass is 9.79. The van der Waals surface area contributed by atoms with Crippen LogP contribution in [0.1, 0.15) is 56.6 Å². The van der Waals surface area contributed by atoms with Crippen molar-refractivity contribution in [3.63, 3.8) is 0 Å². The first kappa shape index (κ1) is 16.2. The molecule has 3 rings (SSSR count). The molecule has 0 radical (unpaired) electrons. The molecule has 0 heterocycles. The Bertz CT molecular complexity index is 693. The Balaban J connectivity index is 0.00000208. The summed E-state index contributed by atoms with van der Waals surface area (Å²) in [5.74, 6) is 0.730. The molecule has 1 fully saturated rings. The molecule has 124 valence electrons. The van der Waals surface area contributed by atoms with Crippen molar-refractivity contribution in [2.45, 2.75) is 52.4 Å². The van der Waals surface area contributed by atoms with Crippen LogP contribution in [-0.4, -0.2) is 0 Å². The second-order valence-corrected chi connectivity index (χ2v) is 7.10. The lowest BCUT2D eigenvalue weighted by molar-refractivity contribution is 0.347. The first-order chi connectivity index (χ1) is 11.0. The van der Waals surface area contributed by atoms with Gasteiger partial charge in [-0.1, -0.05) is 38.0 Å². The van der Waals surface area contributed by atoms with Crippen molar-refractivity contribution in [1.82, 2.24) is 0 Å². The van der Waals surface area contributed by atoms with Gasteiger partial charge in [0.1, 0.15) is 11.6 Å². The van der Waals surface area contributed by atoms with Crippen LogP contribution in [0.4, 0.5) is 8.78 Å². The predicted molar refractivity (Wildman–Crippen MR) is 93.8 cm³/mol. The highest BCUT2D eigenvalue weighted by Gasteiger charge is 2.21. The zero-order chi connectivity index (χ0) is 16.6. The van der Waals surface area contributed by atoms with Crippen molar-refractivity contribution in [2.75, 3.05) is 0 Å². The number of aryl methyl sites for hydroxylation is 1. The first-order valence-electron chi connectivity index (χ1n) is 8.52. The van der Waals surface area contributed by atoms with E-state index in [1.807, 2.05) is 25.1 Å². The molecule has 0 saturated heterocycles. The van der Waals surface area contributed by atoms with Crippen LogP contribution < -0.4 is 0 Å². The molecule has 23 heavy (non-hydrogen) atoms. The standard InChI is InChI=1S/C21H24F2.H2/c1-13-4-6-16(7-5-13)17-8-9-19(21(23)11-17)18-10-14(2)15(3)20(22)12-18;/h8-13,16H,4-7H2,1-3H3;1H. The normalized spacial score (nSPS) is 21.4. The van der Waals surface area contributed by atoms with E-state index in [1.165, 1.54) is 18.9 Å². The van der Waals surface area contributed by atoms with Gasteiger partial charge in [-0.05, 0) is 72.9 Å². The van der Waals surface area contributed by atoms with Gasteiger partial charge in [-0.2, -0.15) is 0 Å². The van der Waals surface area contributed by atoms with Gasteiger partial charge in [-0.15, -0.1) is 0 Å². The molecule has 1 aliphatic carbocycles. The summed E-state index contributed by atoms with van der Waals surface area (Å²) in [5.41, 5.74) is 3.67. The molecule has 0 nitrogen and oxygen atoms in total. The zero-order valence-corrected chi connectivity index (χ0v) is 14.1. The van der Waals surface area contributed by atoms with Gasteiger partial charge in [0, 0.05) is 6.99 Å². The van der Waals surface area contributed by atoms with Crippen LogP contribution in [0.2, 0.25) is 0 Å². The van der Waals surface area contributed by atoms with E-state index in [2.05, 4.69) is 6.92 Å². The van der Waals surface area contributed by atoms with Gasteiger partial charge >= 0.3 is 0 Å². The minimum atomic E-state index is -0.273. The summed E-state index contributed by atoms with van der Waals surface area (Å²) in [6, 6.07) is 8.78. The highest BCUT2D eigenvalue weighted by atomic mass is 19.1. The molecule has 0 aliphatic heterocycles. The molecule has 0 unspecified atom stereocenters. The van der Waals surface area contributed by atoms with Crippen molar-refractivity contribution in [2.24, 2.45) is 5.92 Å². The number of hydrogen-bond acceptors (Lipinski definition) is 0. The third kappa shape index (κ3) is 3.31. The molecule has 2 aromatic carbocycles. The maximum atomic E-state index is 14.6. The second-order valence-electron chi connectivity index (χ2n) is 7.10. The van der Waals surface area contributed by atoms with E-state index in [9.17, 15) is 8.78 Å². The smallest absolute Gasteiger partial charge is 0.131 e. The van der Waals surface area contributed by atoms with E-state index in [4.69, 9.17) is 0 Å². The van der Waals surface area contributed by atoms with Crippen LogP contribution in [0.15, 0.2) is 30.3 Å². The first-order valence-corrected chi connectivity index (χ1v) is 8.52. The van der Waals surface area contributed by atoms with Crippen LogP contribution in [-0.2, 0) is 0 Å². The molecule has 1 saturated carbocycles. The molecule has 0 amide bonds. The maximum Gasteiger partial charge on any atom is 0.131 e. The Morgan fingerprint density at radius 1 is 0.913 bits per heavy atom. The van der Waals surface area contributed by atoms with E-state index in [0.717, 1.165) is 29.9 Å². The third-order valence-corrected chi connectivity index (χ3v) is 5.40. The summed E-state index contributed by atoms with van der Waals surface area (Å²) < 4.78 is 28.6. The average molecular weight is 316 g/mol. The fourth-order valence-corrected chi connectivity index (χ4v) is 3.58. The fraction of sp³-hybridized carbons (Fsp3) is 0.429. The summed E-state index contributed by atoms with van der Waals surface area (Å²) in [6.07, 6.45) is 4.71. The molecular weight excluding hydrogens is 290 g/mol. The SMILES string of the molecule is Cc1cc(-c2ccc(C3CCC(C)CC3)cc2F)cc(F)c1C.[HH]. The Kier molecular flexibility index (Phi) is 4.52. The van der Waals surface area contributed by atoms with Gasteiger partial charge in [-0.25, -0.2) is 8.78 Å². The highest BCUT2D eigenvalue weighted by molar-refractivity contribution is 5.66. The van der Waals surface area contributed by atoms with Crippen LogP contribution >= 0.6 is 0 Å². The summed E-state index contributed by atoms with van der Waals surface area (Å²) in [6.45, 7) is 5.89. The highest BCUT2D eigenvalue weighted by Crippen LogP contribution is 2.37. The lowest BCUT2D eigenvalue weighted by Gasteiger charge is -2.26. The van der Waals surface area contributed by atoms with Gasteiger partial charge in [0.25, 0.3) is 0 Å². The molecule has 0 atom stereocenters. The van der Waals surface area contributed by atoms with Gasteiger partial charge in [-0.3, -0.25) is 0 Å². The summed E-state index contributed by atoms with van der Waals surface area (Å²) in [4.78, 5) is 0. The van der Waals surface area contributed by atoms with E-state index in [-0.39, 0.29) is 13.1 Å². The summed E-state index contributed by atoms with van der Waals surface area (Å²) >= 11 is 0. The maximum absolute atomic E-state index is 14.6. The summed E-state index contributed by atoms with van der Waals surface area (Å²) in [5, 5.41) is 0. The third-order valence-electron chi connectivity index (χ3n) is 5.40. The fourth-order valence-electron chi connectivity index (χ4n) is 3.58. The van der Waals surface area contributed by atoms with Crippen LogP contribution in [0.25, 0.3) is 11.1 Å². The van der Waals surface area contributed by atoms with Gasteiger partial charge in [0.2, 0.25) is 0 Å². The minimum Gasteiger partial charge on any atom is -0.207 e. The van der Waals surface area contributed by atoms with Gasteiger partial charge in [0.05, 0.1) is 0 Å². The number of hydrogen-bond donors (Lipinski definition) is 0. The number of halogens is 2. The van der Waals surface area contributed by atoms with Crippen LogP contribution in [0, 0.1) is 31.4 Å².